The van der Waals surface area contributed by atoms with Crippen molar-refractivity contribution in [3.8, 4) is 0 Å². The van der Waals surface area contributed by atoms with Gasteiger partial charge in [0.05, 0.1) is 6.26 Å². The molecule has 104 valence electrons. The van der Waals surface area contributed by atoms with E-state index in [4.69, 9.17) is 4.42 Å². The van der Waals surface area contributed by atoms with Crippen LogP contribution in [0.2, 0.25) is 0 Å². The maximum absolute atomic E-state index is 5.57. The fraction of sp³-hybridized carbons (Fsp3) is 0.750. The van der Waals surface area contributed by atoms with Gasteiger partial charge in [-0.3, -0.25) is 0 Å². The molecule has 0 aromatic carbocycles. The van der Waals surface area contributed by atoms with Gasteiger partial charge in [0.15, 0.2) is 0 Å². The molecule has 2 fully saturated rings. The number of nitrogens with one attached hydrogen (secondary N) is 1. The molecule has 1 aromatic rings. The van der Waals surface area contributed by atoms with Crippen molar-refractivity contribution in [1.82, 2.24) is 10.2 Å². The Labute approximate surface area is 115 Å². The molecule has 2 heterocycles. The van der Waals surface area contributed by atoms with Crippen LogP contribution in [-0.2, 0) is 6.42 Å². The Balaban J connectivity index is 1.31. The van der Waals surface area contributed by atoms with Crippen LogP contribution in [0.4, 0.5) is 0 Å². The number of fused-ring (bicyclic) bond motifs is 1. The molecule has 3 aliphatic rings. The van der Waals surface area contributed by atoms with Crippen LogP contribution in [0.5, 0.6) is 0 Å². The Hall–Kier alpha value is -0.800. The summed E-state index contributed by atoms with van der Waals surface area (Å²) in [5, 5.41) is 3.80. The largest absolute Gasteiger partial charge is 0.469 e. The predicted molar refractivity (Wildman–Crippen MR) is 75.1 cm³/mol. The van der Waals surface area contributed by atoms with E-state index < -0.39 is 0 Å². The van der Waals surface area contributed by atoms with Crippen LogP contribution >= 0.6 is 0 Å². The molecule has 3 nitrogen and oxygen atoms in total. The van der Waals surface area contributed by atoms with E-state index in [1.807, 2.05) is 6.26 Å². The van der Waals surface area contributed by atoms with Crippen LogP contribution in [-0.4, -0.2) is 30.6 Å². The van der Waals surface area contributed by atoms with Gasteiger partial charge in [0.1, 0.15) is 5.76 Å². The van der Waals surface area contributed by atoms with Gasteiger partial charge in [0, 0.05) is 30.6 Å². The minimum absolute atomic E-state index is 0.539. The van der Waals surface area contributed by atoms with Crippen LogP contribution in [0.15, 0.2) is 16.7 Å². The summed E-state index contributed by atoms with van der Waals surface area (Å²) in [6, 6.07) is 3.65. The lowest BCUT2D eigenvalue weighted by molar-refractivity contribution is 0.306. The second-order valence-corrected chi connectivity index (χ2v) is 6.53. The van der Waals surface area contributed by atoms with Gasteiger partial charge in [-0.2, -0.15) is 0 Å². The topological polar surface area (TPSA) is 28.4 Å². The summed E-state index contributed by atoms with van der Waals surface area (Å²) in [5.41, 5.74) is 1.42. The lowest BCUT2D eigenvalue weighted by Crippen LogP contribution is -2.31. The first-order valence-corrected chi connectivity index (χ1v) is 7.94. The molecule has 1 saturated heterocycles. The van der Waals surface area contributed by atoms with E-state index in [1.165, 1.54) is 63.1 Å². The lowest BCUT2D eigenvalue weighted by Gasteiger charge is -2.24. The lowest BCUT2D eigenvalue weighted by atomic mass is 9.93. The van der Waals surface area contributed by atoms with E-state index >= 15 is 0 Å². The number of hydrogen-bond acceptors (Lipinski definition) is 3. The molecule has 0 amide bonds. The maximum Gasteiger partial charge on any atom is 0.108 e. The van der Waals surface area contributed by atoms with E-state index in [0.29, 0.717) is 6.04 Å². The monoisotopic (exact) mass is 260 g/mol. The number of aryl methyl sites for hydroxylation is 1. The smallest absolute Gasteiger partial charge is 0.108 e. The first-order valence-electron chi connectivity index (χ1n) is 7.94. The van der Waals surface area contributed by atoms with Crippen molar-refractivity contribution in [1.29, 1.82) is 0 Å². The molecule has 2 atom stereocenters. The SMILES string of the molecule is c1cc2c(o1)CCCC2NCC1CCN(C2CC2)C1. The van der Waals surface area contributed by atoms with Crippen LogP contribution in [0.25, 0.3) is 0 Å². The first kappa shape index (κ1) is 12.0. The molecule has 2 unspecified atom stereocenters. The van der Waals surface area contributed by atoms with E-state index in [9.17, 15) is 0 Å². The standard InChI is InChI=1S/C16H24N2O/c1-2-15(14-7-9-19-16(14)3-1)17-10-12-6-8-18(11-12)13-4-5-13/h7,9,12-13,15,17H,1-6,8,10-11H2. The second kappa shape index (κ2) is 4.95. The zero-order valence-corrected chi connectivity index (χ0v) is 11.6. The number of furan rings is 1. The Bertz CT molecular complexity index is 438. The van der Waals surface area contributed by atoms with E-state index in [1.54, 1.807) is 0 Å². The average Bonchev–Trinajstić information content (AvgIpc) is 3.00. The fourth-order valence-corrected chi connectivity index (χ4v) is 3.81. The van der Waals surface area contributed by atoms with Crippen molar-refractivity contribution in [2.24, 2.45) is 5.92 Å². The van der Waals surface area contributed by atoms with Crippen molar-refractivity contribution in [2.75, 3.05) is 19.6 Å². The van der Waals surface area contributed by atoms with Crippen LogP contribution in [0, 0.1) is 5.92 Å². The third-order valence-corrected chi connectivity index (χ3v) is 5.09. The Morgan fingerprint density at radius 3 is 3.11 bits per heavy atom. The van der Waals surface area contributed by atoms with Gasteiger partial charge in [-0.25, -0.2) is 0 Å². The number of nitrogens with zero attached hydrogens (tertiary/aromatic N) is 1. The Morgan fingerprint density at radius 1 is 1.26 bits per heavy atom. The minimum atomic E-state index is 0.539. The molecule has 1 N–H and O–H groups in total. The van der Waals surface area contributed by atoms with Gasteiger partial charge >= 0.3 is 0 Å². The molecule has 4 rings (SSSR count). The van der Waals surface area contributed by atoms with Crippen LogP contribution < -0.4 is 5.32 Å². The molecule has 1 saturated carbocycles. The Morgan fingerprint density at radius 2 is 2.21 bits per heavy atom. The van der Waals surface area contributed by atoms with Gasteiger partial charge in [0.25, 0.3) is 0 Å². The Kier molecular flexibility index (Phi) is 3.12. The molecule has 1 aliphatic heterocycles. The summed E-state index contributed by atoms with van der Waals surface area (Å²) in [4.78, 5) is 2.70. The van der Waals surface area contributed by atoms with Crippen molar-refractivity contribution >= 4 is 0 Å². The van der Waals surface area contributed by atoms with Gasteiger partial charge in [-0.05, 0) is 57.2 Å². The fourth-order valence-electron chi connectivity index (χ4n) is 3.81. The molecular formula is C16H24N2O. The molecule has 0 radical (unpaired) electrons. The van der Waals surface area contributed by atoms with Crippen LogP contribution in [0.1, 0.15) is 49.5 Å². The summed E-state index contributed by atoms with van der Waals surface area (Å²) in [5.74, 6) is 2.08. The zero-order chi connectivity index (χ0) is 12.7. The third-order valence-electron chi connectivity index (χ3n) is 5.09. The van der Waals surface area contributed by atoms with Gasteiger partial charge in [-0.15, -0.1) is 0 Å². The van der Waals surface area contributed by atoms with Crippen molar-refractivity contribution in [2.45, 2.75) is 50.6 Å². The van der Waals surface area contributed by atoms with Crippen molar-refractivity contribution in [3.63, 3.8) is 0 Å². The van der Waals surface area contributed by atoms with E-state index in [-0.39, 0.29) is 0 Å². The molecule has 0 spiro atoms. The van der Waals surface area contributed by atoms with E-state index in [0.717, 1.165) is 18.4 Å². The summed E-state index contributed by atoms with van der Waals surface area (Å²) in [6.07, 6.45) is 9.79. The quantitative estimate of drug-likeness (QED) is 0.902. The summed E-state index contributed by atoms with van der Waals surface area (Å²) in [7, 11) is 0. The van der Waals surface area contributed by atoms with Crippen molar-refractivity contribution in [3.05, 3.63) is 23.7 Å². The highest BCUT2D eigenvalue weighted by atomic mass is 16.3. The summed E-state index contributed by atoms with van der Waals surface area (Å²) in [6.45, 7) is 3.83. The first-order chi connectivity index (χ1) is 9.40. The van der Waals surface area contributed by atoms with Crippen molar-refractivity contribution < 1.29 is 4.42 Å². The molecule has 19 heavy (non-hydrogen) atoms. The maximum atomic E-state index is 5.57. The molecule has 0 bridgehead atoms. The van der Waals surface area contributed by atoms with Crippen LogP contribution in [0.3, 0.4) is 0 Å². The minimum Gasteiger partial charge on any atom is -0.469 e. The molecular weight excluding hydrogens is 236 g/mol. The third kappa shape index (κ3) is 2.46. The number of rotatable bonds is 4. The number of likely N-dealkylation sites (tertiary alicyclic amines) is 1. The molecule has 2 aliphatic carbocycles. The van der Waals surface area contributed by atoms with Gasteiger partial charge in [0.2, 0.25) is 0 Å². The van der Waals surface area contributed by atoms with E-state index in [2.05, 4.69) is 16.3 Å². The zero-order valence-electron chi connectivity index (χ0n) is 11.6. The highest BCUT2D eigenvalue weighted by Crippen LogP contribution is 2.33. The highest BCUT2D eigenvalue weighted by molar-refractivity contribution is 5.24. The van der Waals surface area contributed by atoms with Gasteiger partial charge in [-0.1, -0.05) is 0 Å². The highest BCUT2D eigenvalue weighted by Gasteiger charge is 2.34. The predicted octanol–water partition coefficient (Wildman–Crippen LogP) is 2.73. The second-order valence-electron chi connectivity index (χ2n) is 6.53. The average molecular weight is 260 g/mol. The van der Waals surface area contributed by atoms with Gasteiger partial charge < -0.3 is 14.6 Å². The molecule has 3 heteroatoms. The number of hydrogen-bond donors (Lipinski definition) is 1. The molecule has 1 aromatic heterocycles. The summed E-state index contributed by atoms with van der Waals surface area (Å²) >= 11 is 0. The normalized spacial score (nSPS) is 31.6. The summed E-state index contributed by atoms with van der Waals surface area (Å²) < 4.78 is 5.57.